The number of benzene rings is 2. The zero-order valence-corrected chi connectivity index (χ0v) is 17.0. The van der Waals surface area contributed by atoms with E-state index in [1.165, 1.54) is 11.3 Å². The van der Waals surface area contributed by atoms with Gasteiger partial charge in [0.25, 0.3) is 0 Å². The fourth-order valence-electron chi connectivity index (χ4n) is 2.07. The molecule has 1 radical (unpaired) electrons. The van der Waals surface area contributed by atoms with Crippen LogP contribution < -0.4 is 9.67 Å². The zero-order chi connectivity index (χ0) is 17.9. The van der Waals surface area contributed by atoms with Gasteiger partial charge in [0.1, 0.15) is 0 Å². The summed E-state index contributed by atoms with van der Waals surface area (Å²) in [6.07, 6.45) is 0. The Morgan fingerprint density at radius 1 is 1.04 bits per heavy atom. The van der Waals surface area contributed by atoms with Crippen LogP contribution in [-0.2, 0) is 8.10 Å². The fraction of sp³-hybridized carbons (Fsp3) is 0. The molecule has 0 unspecified atom stereocenters. The predicted molar refractivity (Wildman–Crippen MR) is 103 cm³/mol. The van der Waals surface area contributed by atoms with Crippen molar-refractivity contribution in [1.82, 2.24) is 0 Å². The Labute approximate surface area is 160 Å². The van der Waals surface area contributed by atoms with Gasteiger partial charge < -0.3 is 0 Å². The van der Waals surface area contributed by atoms with Crippen LogP contribution in [0.1, 0.15) is 10.4 Å². The monoisotopic (exact) mass is 452 g/mol. The van der Waals surface area contributed by atoms with Gasteiger partial charge in [0.15, 0.2) is 0 Å². The molecule has 0 spiro atoms. The fourth-order valence-corrected chi connectivity index (χ4v) is 9.50. The van der Waals surface area contributed by atoms with Crippen molar-refractivity contribution in [1.29, 1.82) is 0 Å². The van der Waals surface area contributed by atoms with E-state index < -0.39 is 22.7 Å². The van der Waals surface area contributed by atoms with Crippen molar-refractivity contribution in [3.63, 3.8) is 0 Å². The first-order valence-electron chi connectivity index (χ1n) is 7.12. The summed E-state index contributed by atoms with van der Waals surface area (Å²) in [5.41, 5.74) is 0.960. The molecular weight excluding hydrogens is 441 g/mol. The van der Waals surface area contributed by atoms with E-state index in [4.69, 9.17) is 11.6 Å². The average molecular weight is 453 g/mol. The van der Waals surface area contributed by atoms with Crippen LogP contribution in [0, 0.1) is 0 Å². The summed E-state index contributed by atoms with van der Waals surface area (Å²) in [6.45, 7) is 0. The van der Waals surface area contributed by atoms with Crippen molar-refractivity contribution in [3.05, 3.63) is 75.9 Å². The van der Waals surface area contributed by atoms with Gasteiger partial charge in [-0.3, -0.25) is 0 Å². The van der Waals surface area contributed by atoms with Crippen LogP contribution in [0.5, 0.6) is 0 Å². The minimum absolute atomic E-state index is 0.280. The van der Waals surface area contributed by atoms with Crippen molar-refractivity contribution < 1.29 is 13.2 Å². The molecule has 0 saturated carbocycles. The first-order chi connectivity index (χ1) is 12.0. The van der Waals surface area contributed by atoms with Crippen molar-refractivity contribution in [3.8, 4) is 0 Å². The van der Waals surface area contributed by atoms with Crippen LogP contribution in [0.4, 0.5) is 5.69 Å². The van der Waals surface area contributed by atoms with Crippen molar-refractivity contribution >= 4 is 61.6 Å². The molecular formula is C17H12AsClNO3S2. The third kappa shape index (κ3) is 4.53. The van der Waals surface area contributed by atoms with Crippen LogP contribution in [0.25, 0.3) is 0 Å². The summed E-state index contributed by atoms with van der Waals surface area (Å²) in [7, 11) is -3.42. The molecule has 0 saturated heterocycles. The number of anilines is 1. The van der Waals surface area contributed by atoms with E-state index in [1.54, 1.807) is 65.4 Å². The van der Waals surface area contributed by atoms with E-state index in [0.29, 0.717) is 20.6 Å². The molecule has 1 heterocycles. The molecule has 25 heavy (non-hydrogen) atoms. The molecule has 127 valence electrons. The molecule has 3 aromatic rings. The molecule has 4 nitrogen and oxygen atoms in total. The summed E-state index contributed by atoms with van der Waals surface area (Å²) in [5.74, 6) is -0.336. The number of carbonyl (C=O) groups is 1. The molecule has 0 fully saturated rings. The molecule has 1 amide bonds. The molecule has 2 aromatic carbocycles. The molecule has 1 aromatic heterocycles. The summed E-state index contributed by atoms with van der Waals surface area (Å²) in [6, 6.07) is 15.1. The van der Waals surface area contributed by atoms with Gasteiger partial charge >= 0.3 is 161 Å². The summed E-state index contributed by atoms with van der Waals surface area (Å²) in [4.78, 5) is 12.8. The Hall–Kier alpha value is -1.59. The number of carbonyl (C=O) groups excluding carboxylic acids is 1. The molecule has 0 bridgehead atoms. The van der Waals surface area contributed by atoms with Crippen molar-refractivity contribution in [2.45, 2.75) is 4.90 Å². The van der Waals surface area contributed by atoms with Gasteiger partial charge in [0, 0.05) is 0 Å². The van der Waals surface area contributed by atoms with Gasteiger partial charge in [-0.15, -0.1) is 0 Å². The molecule has 3 rings (SSSR count). The van der Waals surface area contributed by atoms with Crippen molar-refractivity contribution in [2.75, 3.05) is 5.32 Å². The standard InChI is InChI=1S/C17H12AsClNO3S2/c19-12-5-4-6-13(9-12)20-17(21)15-10-24-11-16(15)18-25(22,23)14-7-2-1-3-8-14/h1-11H,(H,20,21). The molecule has 0 aliphatic heterocycles. The number of hydrogen-bond donors (Lipinski definition) is 1. The Bertz CT molecular complexity index is 1000. The average Bonchev–Trinajstić information content (AvgIpc) is 3.03. The summed E-state index contributed by atoms with van der Waals surface area (Å²) >= 11 is 6.00. The normalized spacial score (nSPS) is 11.7. The first kappa shape index (κ1) is 18.2. The van der Waals surface area contributed by atoms with E-state index in [1.807, 2.05) is 0 Å². The van der Waals surface area contributed by atoms with E-state index in [0.717, 1.165) is 0 Å². The van der Waals surface area contributed by atoms with Crippen LogP contribution in [0.3, 0.4) is 0 Å². The topological polar surface area (TPSA) is 63.2 Å². The maximum absolute atomic E-state index is 12.6. The van der Waals surface area contributed by atoms with Crippen LogP contribution >= 0.6 is 22.9 Å². The van der Waals surface area contributed by atoms with Gasteiger partial charge in [-0.1, -0.05) is 0 Å². The van der Waals surface area contributed by atoms with Crippen LogP contribution in [0.15, 0.2) is 70.3 Å². The number of thiophene rings is 1. The van der Waals surface area contributed by atoms with Gasteiger partial charge in [0.2, 0.25) is 0 Å². The molecule has 8 heteroatoms. The molecule has 0 aliphatic carbocycles. The number of rotatable bonds is 5. The second-order valence-electron chi connectivity index (χ2n) is 5.01. The van der Waals surface area contributed by atoms with Gasteiger partial charge in [-0.25, -0.2) is 0 Å². The van der Waals surface area contributed by atoms with Gasteiger partial charge in [-0.05, 0) is 0 Å². The number of halogens is 1. The van der Waals surface area contributed by atoms with E-state index in [-0.39, 0.29) is 10.8 Å². The van der Waals surface area contributed by atoms with Gasteiger partial charge in [-0.2, -0.15) is 0 Å². The summed E-state index contributed by atoms with van der Waals surface area (Å²) < 4.78 is 25.7. The quantitative estimate of drug-likeness (QED) is 0.604. The Kier molecular flexibility index (Phi) is 5.64. The first-order valence-corrected chi connectivity index (χ1v) is 13.1. The zero-order valence-electron chi connectivity index (χ0n) is 12.7. The van der Waals surface area contributed by atoms with Crippen LogP contribution in [0.2, 0.25) is 5.02 Å². The predicted octanol–water partition coefficient (Wildman–Crippen LogP) is 3.37. The molecule has 0 aliphatic rings. The van der Waals surface area contributed by atoms with E-state index >= 15 is 0 Å². The van der Waals surface area contributed by atoms with E-state index in [9.17, 15) is 13.2 Å². The SMILES string of the molecule is O=C(Nc1cccc(Cl)c1)c1cscc1[As]S(=O)(=O)c1ccccc1. The minimum atomic E-state index is -3.42. The summed E-state index contributed by atoms with van der Waals surface area (Å²) in [5, 5.41) is 6.67. The second kappa shape index (κ2) is 7.75. The Morgan fingerprint density at radius 2 is 1.80 bits per heavy atom. The molecule has 1 N–H and O–H groups in total. The third-order valence-corrected chi connectivity index (χ3v) is 10.7. The second-order valence-corrected chi connectivity index (χ2v) is 13.0. The third-order valence-electron chi connectivity index (χ3n) is 3.23. The number of hydrogen-bond acceptors (Lipinski definition) is 4. The number of nitrogens with one attached hydrogen (secondary N) is 1. The van der Waals surface area contributed by atoms with Gasteiger partial charge in [0.05, 0.1) is 0 Å². The van der Waals surface area contributed by atoms with E-state index in [2.05, 4.69) is 5.32 Å². The maximum atomic E-state index is 12.6. The molecule has 0 atom stereocenters. The number of amides is 1. The van der Waals surface area contributed by atoms with Crippen LogP contribution in [-0.4, -0.2) is 28.9 Å². The Balaban J connectivity index is 1.82. The van der Waals surface area contributed by atoms with Crippen molar-refractivity contribution in [2.24, 2.45) is 0 Å². The Morgan fingerprint density at radius 3 is 2.52 bits per heavy atom.